The zero-order chi connectivity index (χ0) is 51.4. The van der Waals surface area contributed by atoms with Crippen molar-refractivity contribution >= 4 is 11.9 Å². The molecule has 416 valence electrons. The Kier molecular flexibility index (Phi) is 58.5. The average molecular weight is 997 g/mol. The highest BCUT2D eigenvalue weighted by Crippen LogP contribution is 2.16. The van der Waals surface area contributed by atoms with E-state index in [0.29, 0.717) is 19.4 Å². The molecule has 1 amide bonds. The molecule has 0 bridgehead atoms. The normalized spacial score (nSPS) is 12.9. The molecule has 0 aromatic carbocycles. The van der Waals surface area contributed by atoms with Gasteiger partial charge in [0, 0.05) is 12.8 Å². The smallest absolute Gasteiger partial charge is 0.305 e. The molecule has 71 heavy (non-hydrogen) atoms. The van der Waals surface area contributed by atoms with Gasteiger partial charge < -0.3 is 20.3 Å². The summed E-state index contributed by atoms with van der Waals surface area (Å²) in [6, 6.07) is -0.636. The molecule has 0 rings (SSSR count). The number of aliphatic hydroxyl groups excluding tert-OH is 2. The van der Waals surface area contributed by atoms with E-state index >= 15 is 0 Å². The molecule has 6 nitrogen and oxygen atoms in total. The van der Waals surface area contributed by atoms with E-state index in [2.05, 4.69) is 55.6 Å². The van der Waals surface area contributed by atoms with Crippen LogP contribution in [0.25, 0.3) is 0 Å². The molecule has 0 fully saturated rings. The lowest BCUT2D eigenvalue weighted by molar-refractivity contribution is -0.143. The summed E-state index contributed by atoms with van der Waals surface area (Å²) in [6.45, 7) is 4.88. The second-order valence-electron chi connectivity index (χ2n) is 21.4. The van der Waals surface area contributed by atoms with E-state index in [0.717, 1.165) is 64.2 Å². The maximum absolute atomic E-state index is 12.5. The van der Waals surface area contributed by atoms with E-state index in [1.54, 1.807) is 6.08 Å². The molecule has 0 aromatic heterocycles. The number of ether oxygens (including phenoxy) is 1. The van der Waals surface area contributed by atoms with Gasteiger partial charge in [-0.25, -0.2) is 0 Å². The highest BCUT2D eigenvalue weighted by atomic mass is 16.5. The highest BCUT2D eigenvalue weighted by molar-refractivity contribution is 5.76. The van der Waals surface area contributed by atoms with Crippen LogP contribution in [0, 0.1) is 0 Å². The van der Waals surface area contributed by atoms with Crippen LogP contribution in [0.2, 0.25) is 0 Å². The van der Waals surface area contributed by atoms with E-state index in [9.17, 15) is 19.8 Å². The van der Waals surface area contributed by atoms with Gasteiger partial charge >= 0.3 is 5.97 Å². The van der Waals surface area contributed by atoms with Gasteiger partial charge in [0.25, 0.3) is 0 Å². The third kappa shape index (κ3) is 57.0. The molecule has 0 spiro atoms. The number of unbranched alkanes of at least 4 members (excludes halogenated alkanes) is 41. The Bertz CT molecular complexity index is 1190. The molecule has 2 atom stereocenters. The van der Waals surface area contributed by atoms with Gasteiger partial charge in [-0.15, -0.1) is 0 Å². The van der Waals surface area contributed by atoms with Crippen molar-refractivity contribution in [1.29, 1.82) is 0 Å². The standard InChI is InChI=1S/C65H121NO5/c1-3-5-7-9-11-13-15-17-19-21-27-31-35-39-43-47-51-55-59-65(70)71-60-56-52-48-44-40-36-32-28-24-22-23-26-30-34-38-42-46-50-54-58-64(69)66-62(61-67)63(68)57-53-49-45-41-37-33-29-25-20-18-16-14-12-10-8-6-4-2/h13,15,19,21-23,53,57,62-63,67-68H,3-12,14,16-18,20,24-52,54-56,58-61H2,1-2H3,(H,66,69)/b15-13-,21-19-,23-22-,57-53+. The lowest BCUT2D eigenvalue weighted by atomic mass is 10.0. The lowest BCUT2D eigenvalue weighted by Crippen LogP contribution is -2.45. The first-order valence-corrected chi connectivity index (χ1v) is 31.4. The Labute approximate surface area is 442 Å². The monoisotopic (exact) mass is 996 g/mol. The zero-order valence-electron chi connectivity index (χ0n) is 47.5. The Morgan fingerprint density at radius 3 is 1.10 bits per heavy atom. The van der Waals surface area contributed by atoms with Crippen LogP contribution in [0.4, 0.5) is 0 Å². The Morgan fingerprint density at radius 2 is 0.704 bits per heavy atom. The van der Waals surface area contributed by atoms with Crippen LogP contribution in [0.3, 0.4) is 0 Å². The summed E-state index contributed by atoms with van der Waals surface area (Å²) in [6.07, 6.45) is 77.1. The summed E-state index contributed by atoms with van der Waals surface area (Å²) in [7, 11) is 0. The lowest BCUT2D eigenvalue weighted by Gasteiger charge is -2.20. The molecular formula is C65H121NO5. The number of nitrogens with one attached hydrogen (secondary N) is 1. The fourth-order valence-corrected chi connectivity index (χ4v) is 9.48. The third-order valence-electron chi connectivity index (χ3n) is 14.3. The van der Waals surface area contributed by atoms with Gasteiger partial charge in [0.15, 0.2) is 0 Å². The van der Waals surface area contributed by atoms with Crippen LogP contribution in [0.15, 0.2) is 48.6 Å². The summed E-state index contributed by atoms with van der Waals surface area (Å²) < 4.78 is 5.49. The average Bonchev–Trinajstić information content (AvgIpc) is 3.37. The molecule has 3 N–H and O–H groups in total. The van der Waals surface area contributed by atoms with Crippen molar-refractivity contribution in [3.63, 3.8) is 0 Å². The van der Waals surface area contributed by atoms with Gasteiger partial charge in [0.05, 0.1) is 25.4 Å². The van der Waals surface area contributed by atoms with Crippen molar-refractivity contribution in [2.75, 3.05) is 13.2 Å². The molecule has 0 saturated heterocycles. The van der Waals surface area contributed by atoms with Gasteiger partial charge in [0.1, 0.15) is 0 Å². The molecule has 0 aliphatic rings. The van der Waals surface area contributed by atoms with Crippen LogP contribution in [-0.4, -0.2) is 47.4 Å². The molecular weight excluding hydrogens is 875 g/mol. The Balaban J connectivity index is 3.47. The summed E-state index contributed by atoms with van der Waals surface area (Å²) in [5, 5.41) is 23.2. The largest absolute Gasteiger partial charge is 0.466 e. The highest BCUT2D eigenvalue weighted by Gasteiger charge is 2.18. The SMILES string of the molecule is CCCCCC/C=C\C/C=C\CCCCCCCCCC(=O)OCCCCCCCCCC/C=C\CCCCCCCCCC(=O)NC(CO)C(O)/C=C/CCCCCCCCCCCCCCCCC. The van der Waals surface area contributed by atoms with Crippen LogP contribution in [0.5, 0.6) is 0 Å². The van der Waals surface area contributed by atoms with E-state index in [1.165, 1.54) is 238 Å². The zero-order valence-corrected chi connectivity index (χ0v) is 47.5. The number of hydrogen-bond donors (Lipinski definition) is 3. The predicted octanol–water partition coefficient (Wildman–Crippen LogP) is 19.7. The van der Waals surface area contributed by atoms with E-state index in [-0.39, 0.29) is 18.5 Å². The van der Waals surface area contributed by atoms with Crippen molar-refractivity contribution in [2.24, 2.45) is 0 Å². The number of carbonyl (C=O) groups excluding carboxylic acids is 2. The first-order valence-electron chi connectivity index (χ1n) is 31.4. The molecule has 0 aliphatic carbocycles. The molecule has 6 heteroatoms. The summed E-state index contributed by atoms with van der Waals surface area (Å²) in [5.41, 5.74) is 0. The fraction of sp³-hybridized carbons (Fsp3) is 0.846. The van der Waals surface area contributed by atoms with E-state index in [1.807, 2.05) is 6.08 Å². The van der Waals surface area contributed by atoms with Gasteiger partial charge in [-0.2, -0.15) is 0 Å². The minimum absolute atomic E-state index is 0.00429. The van der Waals surface area contributed by atoms with Crippen LogP contribution in [0.1, 0.15) is 328 Å². The predicted molar refractivity (Wildman–Crippen MR) is 310 cm³/mol. The number of aliphatic hydroxyl groups is 2. The number of carbonyl (C=O) groups is 2. The Morgan fingerprint density at radius 1 is 0.394 bits per heavy atom. The number of allylic oxidation sites excluding steroid dienone is 7. The van der Waals surface area contributed by atoms with Crippen molar-refractivity contribution in [3.8, 4) is 0 Å². The number of amides is 1. The molecule has 0 aliphatic heterocycles. The second kappa shape index (κ2) is 60.4. The van der Waals surface area contributed by atoms with E-state index in [4.69, 9.17) is 4.74 Å². The van der Waals surface area contributed by atoms with Gasteiger partial charge in [0.2, 0.25) is 5.91 Å². The maximum Gasteiger partial charge on any atom is 0.305 e. The van der Waals surface area contributed by atoms with Crippen molar-refractivity contribution in [1.82, 2.24) is 5.32 Å². The van der Waals surface area contributed by atoms with Crippen LogP contribution >= 0.6 is 0 Å². The van der Waals surface area contributed by atoms with Gasteiger partial charge in [-0.3, -0.25) is 9.59 Å². The molecule has 0 saturated carbocycles. The summed E-state index contributed by atoms with van der Waals surface area (Å²) >= 11 is 0. The summed E-state index contributed by atoms with van der Waals surface area (Å²) in [5.74, 6) is -0.0810. The van der Waals surface area contributed by atoms with Crippen LogP contribution in [-0.2, 0) is 14.3 Å². The van der Waals surface area contributed by atoms with Gasteiger partial charge in [-0.05, 0) is 89.9 Å². The van der Waals surface area contributed by atoms with Gasteiger partial charge in [-0.1, -0.05) is 274 Å². The van der Waals surface area contributed by atoms with Crippen molar-refractivity contribution in [2.45, 2.75) is 341 Å². The molecule has 2 unspecified atom stereocenters. The molecule has 0 aromatic rings. The first-order chi connectivity index (χ1) is 35.0. The quantitative estimate of drug-likeness (QED) is 0.0321. The minimum atomic E-state index is -0.852. The topological polar surface area (TPSA) is 95.9 Å². The maximum atomic E-state index is 12.5. The molecule has 0 heterocycles. The fourth-order valence-electron chi connectivity index (χ4n) is 9.48. The van der Waals surface area contributed by atoms with Crippen LogP contribution < -0.4 is 5.32 Å². The summed E-state index contributed by atoms with van der Waals surface area (Å²) in [4.78, 5) is 24.6. The number of esters is 1. The Hall–Kier alpha value is -2.18. The number of hydrogen-bond acceptors (Lipinski definition) is 5. The molecule has 0 radical (unpaired) electrons. The third-order valence-corrected chi connectivity index (χ3v) is 14.3. The number of rotatable bonds is 58. The first kappa shape index (κ1) is 68.8. The minimum Gasteiger partial charge on any atom is -0.466 e. The van der Waals surface area contributed by atoms with E-state index < -0.39 is 12.1 Å². The van der Waals surface area contributed by atoms with Crippen molar-refractivity contribution in [3.05, 3.63) is 48.6 Å². The second-order valence-corrected chi connectivity index (χ2v) is 21.4. The van der Waals surface area contributed by atoms with Crippen molar-refractivity contribution < 1.29 is 24.5 Å².